The van der Waals surface area contributed by atoms with E-state index in [0.29, 0.717) is 19.5 Å². The van der Waals surface area contributed by atoms with Crippen LogP contribution in [0, 0.1) is 17.5 Å². The smallest absolute Gasteiger partial charge is 0.264 e. The largest absolute Gasteiger partial charge is 0.350 e. The summed E-state index contributed by atoms with van der Waals surface area (Å²) in [5, 5.41) is 9.91. The van der Waals surface area contributed by atoms with Gasteiger partial charge >= 0.3 is 0 Å². The molecule has 18 heteroatoms. The molecule has 0 amide bonds. The maximum atomic E-state index is 15.5. The summed E-state index contributed by atoms with van der Waals surface area (Å²) in [7, 11) is -4.60. The van der Waals surface area contributed by atoms with Gasteiger partial charge in [0.2, 0.25) is 16.0 Å². The van der Waals surface area contributed by atoms with Crippen molar-refractivity contribution in [1.82, 2.24) is 29.6 Å². The number of alkyl halides is 3. The number of piperidine rings is 1. The van der Waals surface area contributed by atoms with E-state index < -0.39 is 80.3 Å². The van der Waals surface area contributed by atoms with E-state index in [9.17, 15) is 26.4 Å². The molecule has 0 aliphatic carbocycles. The van der Waals surface area contributed by atoms with Crippen molar-refractivity contribution in [3.05, 3.63) is 64.1 Å². The fraction of sp³-hybridized carbons (Fsp3) is 0.429. The topological polar surface area (TPSA) is 136 Å². The van der Waals surface area contributed by atoms with Gasteiger partial charge < -0.3 is 10.6 Å². The third-order valence-corrected chi connectivity index (χ3v) is 8.29. The Morgan fingerprint density at radius 2 is 1.87 bits per heavy atom. The van der Waals surface area contributed by atoms with Crippen LogP contribution in [-0.4, -0.2) is 64.0 Å². The lowest BCUT2D eigenvalue weighted by atomic mass is 10.0. The van der Waals surface area contributed by atoms with Crippen molar-refractivity contribution in [1.29, 1.82) is 0 Å². The Morgan fingerprint density at radius 1 is 1.13 bits per heavy atom. The van der Waals surface area contributed by atoms with Crippen LogP contribution in [0.4, 0.5) is 38.0 Å². The van der Waals surface area contributed by atoms with Crippen LogP contribution >= 0.6 is 0 Å². The highest BCUT2D eigenvalue weighted by molar-refractivity contribution is 7.91. The molecule has 1 aromatic carbocycles. The zero-order valence-electron chi connectivity index (χ0n) is 24.8. The maximum absolute atomic E-state index is 15.5. The van der Waals surface area contributed by atoms with Gasteiger partial charge in [0, 0.05) is 61.9 Å². The van der Waals surface area contributed by atoms with Crippen LogP contribution in [0.5, 0.6) is 0 Å². The van der Waals surface area contributed by atoms with Gasteiger partial charge in [-0.15, -0.1) is 0 Å². The first-order valence-corrected chi connectivity index (χ1v) is 15.8. The van der Waals surface area contributed by atoms with Crippen molar-refractivity contribution in [2.45, 2.75) is 63.7 Å². The van der Waals surface area contributed by atoms with Crippen molar-refractivity contribution >= 4 is 32.7 Å². The second-order valence-electron chi connectivity index (χ2n) is 11.5. The van der Waals surface area contributed by atoms with E-state index >= 15 is 13.2 Å². The molecule has 1 aliphatic heterocycles. The van der Waals surface area contributed by atoms with Crippen LogP contribution in [0.1, 0.15) is 38.9 Å². The number of halogens is 6. The molecule has 0 saturated carbocycles. The van der Waals surface area contributed by atoms with Crippen LogP contribution in [0.3, 0.4) is 0 Å². The van der Waals surface area contributed by atoms with Gasteiger partial charge in [-0.3, -0.25) is 18.8 Å². The van der Waals surface area contributed by atoms with E-state index in [1.54, 1.807) is 18.6 Å². The highest BCUT2D eigenvalue weighted by Gasteiger charge is 2.28. The average Bonchev–Trinajstić information content (AvgIpc) is 3.36. The van der Waals surface area contributed by atoms with Gasteiger partial charge in [-0.2, -0.15) is 10.1 Å². The highest BCUT2D eigenvalue weighted by atomic mass is 32.2. The molecule has 248 valence electrons. The van der Waals surface area contributed by atoms with Gasteiger partial charge in [-0.25, -0.2) is 39.7 Å². The Balaban J connectivity index is 1.46. The van der Waals surface area contributed by atoms with Crippen molar-refractivity contribution in [3.8, 4) is 11.1 Å². The number of rotatable bonds is 10. The summed E-state index contributed by atoms with van der Waals surface area (Å²) in [5.41, 5.74) is -3.46. The predicted octanol–water partition coefficient (Wildman–Crippen LogP) is 4.36. The number of pyridine rings is 1. The number of anilines is 2. The van der Waals surface area contributed by atoms with Crippen molar-refractivity contribution in [2.24, 2.45) is 0 Å². The summed E-state index contributed by atoms with van der Waals surface area (Å²) in [6.07, 6.45) is 1.60. The molecule has 0 spiro atoms. The highest BCUT2D eigenvalue weighted by Crippen LogP contribution is 2.32. The number of nitrogens with one attached hydrogen (secondary N) is 3. The molecular formula is C28H30F6N8O3S. The van der Waals surface area contributed by atoms with E-state index in [1.165, 1.54) is 10.8 Å². The third kappa shape index (κ3) is 7.27. The number of nitrogens with zero attached hydrogens (tertiary/aromatic N) is 5. The van der Waals surface area contributed by atoms with Gasteiger partial charge in [0.1, 0.15) is 29.8 Å². The summed E-state index contributed by atoms with van der Waals surface area (Å²) < 4.78 is 115. The number of sulfonamides is 1. The molecule has 0 bridgehead atoms. The minimum absolute atomic E-state index is 0.116. The maximum Gasteiger partial charge on any atom is 0.264 e. The fourth-order valence-electron chi connectivity index (χ4n) is 5.17. The first kappa shape index (κ1) is 33.2. The summed E-state index contributed by atoms with van der Waals surface area (Å²) in [5.74, 6) is -9.10. The summed E-state index contributed by atoms with van der Waals surface area (Å²) in [4.78, 5) is 22.2. The molecule has 1 saturated heterocycles. The lowest BCUT2D eigenvalue weighted by Crippen LogP contribution is -2.44. The van der Waals surface area contributed by atoms with Crippen molar-refractivity contribution < 1.29 is 34.8 Å². The SMILES string of the molecule is CC(C)n1c(=O)c(-c2cc(F)c(NS(=O)(=O)Cc3ccn(CC(C)(F)F)n3)c(F)c2F)cc2cnc(N[C@@H]3CNC[C@@H](F)C3)nc21. The van der Waals surface area contributed by atoms with Crippen LogP contribution in [-0.2, 0) is 22.3 Å². The van der Waals surface area contributed by atoms with Gasteiger partial charge in [0.25, 0.3) is 11.5 Å². The number of hydrogen-bond donors (Lipinski definition) is 3. The normalized spacial score (nSPS) is 17.5. The molecule has 0 radical (unpaired) electrons. The predicted molar refractivity (Wildman–Crippen MR) is 158 cm³/mol. The van der Waals surface area contributed by atoms with Gasteiger partial charge in [0.05, 0.1) is 11.3 Å². The molecule has 3 aromatic heterocycles. The van der Waals surface area contributed by atoms with Crippen LogP contribution in [0.2, 0.25) is 0 Å². The zero-order valence-corrected chi connectivity index (χ0v) is 25.6. The molecule has 0 unspecified atom stereocenters. The third-order valence-electron chi connectivity index (χ3n) is 7.10. The second-order valence-corrected chi connectivity index (χ2v) is 13.2. The average molecular weight is 673 g/mol. The van der Waals surface area contributed by atoms with Gasteiger partial charge in [-0.1, -0.05) is 0 Å². The van der Waals surface area contributed by atoms with E-state index in [1.807, 2.05) is 0 Å². The molecule has 4 aromatic rings. The number of aromatic nitrogens is 5. The van der Waals surface area contributed by atoms with E-state index in [4.69, 9.17) is 0 Å². The Kier molecular flexibility index (Phi) is 9.05. The first-order valence-electron chi connectivity index (χ1n) is 14.1. The van der Waals surface area contributed by atoms with Crippen LogP contribution in [0.15, 0.2) is 35.4 Å². The molecule has 5 rings (SSSR count). The number of benzene rings is 1. The van der Waals surface area contributed by atoms with Gasteiger partial charge in [-0.05, 0) is 32.0 Å². The molecule has 11 nitrogen and oxygen atoms in total. The number of fused-ring (bicyclic) bond motifs is 1. The van der Waals surface area contributed by atoms with Crippen LogP contribution in [0.25, 0.3) is 22.2 Å². The lowest BCUT2D eigenvalue weighted by molar-refractivity contribution is 0.000522. The standard InChI is InChI=1S/C28H30F6N8O3S/c1-14(2)42-25-15(9-36-27(38-25)37-18-7-16(29)10-35-11-18)6-20(26(42)43)19-8-21(30)24(23(32)22(19)31)40-46(44,45)12-17-4-5-41(39-17)13-28(3,33)34/h4-6,8-9,14,16,18,35,40H,7,10-13H2,1-3H3,(H,36,37,38)/t16-,18-/m0/s1. The minimum atomic E-state index is -4.60. The van der Waals surface area contributed by atoms with E-state index in [0.717, 1.165) is 23.0 Å². The lowest BCUT2D eigenvalue weighted by Gasteiger charge is -2.26. The number of hydrogen-bond acceptors (Lipinski definition) is 8. The second kappa shape index (κ2) is 12.5. The molecule has 46 heavy (non-hydrogen) atoms. The molecule has 2 atom stereocenters. The minimum Gasteiger partial charge on any atom is -0.350 e. The van der Waals surface area contributed by atoms with Crippen LogP contribution < -0.4 is 20.9 Å². The molecule has 4 heterocycles. The fourth-order valence-corrected chi connectivity index (χ4v) is 6.28. The van der Waals surface area contributed by atoms with Gasteiger partial charge in [0.15, 0.2) is 17.5 Å². The zero-order chi connectivity index (χ0) is 33.6. The van der Waals surface area contributed by atoms with E-state index in [2.05, 4.69) is 25.7 Å². The van der Waals surface area contributed by atoms with E-state index in [-0.39, 0.29) is 41.7 Å². The summed E-state index contributed by atoms with van der Waals surface area (Å²) >= 11 is 0. The summed E-state index contributed by atoms with van der Waals surface area (Å²) in [6, 6.07) is 1.91. The van der Waals surface area contributed by atoms with Crippen molar-refractivity contribution in [2.75, 3.05) is 23.1 Å². The summed E-state index contributed by atoms with van der Waals surface area (Å²) in [6.45, 7) is 3.80. The first-order chi connectivity index (χ1) is 21.5. The quantitative estimate of drug-likeness (QED) is 0.167. The Hall–Kier alpha value is -4.19. The Labute approximate surface area is 259 Å². The molecular weight excluding hydrogens is 642 g/mol. The molecule has 1 aliphatic rings. The molecule has 3 N–H and O–H groups in total. The molecule has 1 fully saturated rings. The van der Waals surface area contributed by atoms with Crippen molar-refractivity contribution in [3.63, 3.8) is 0 Å². The monoisotopic (exact) mass is 672 g/mol. The Morgan fingerprint density at radius 3 is 2.54 bits per heavy atom. The Bertz CT molecular complexity index is 1940.